The van der Waals surface area contributed by atoms with Crippen molar-refractivity contribution in [2.24, 2.45) is 11.8 Å². The zero-order valence-electron chi connectivity index (χ0n) is 12.3. The molecule has 0 bridgehead atoms. The van der Waals surface area contributed by atoms with Crippen LogP contribution in [0.3, 0.4) is 0 Å². The van der Waals surface area contributed by atoms with Crippen molar-refractivity contribution in [1.29, 1.82) is 0 Å². The predicted molar refractivity (Wildman–Crippen MR) is 80.0 cm³/mol. The van der Waals surface area contributed by atoms with Crippen molar-refractivity contribution >= 4 is 11.6 Å². The van der Waals surface area contributed by atoms with Gasteiger partial charge in [-0.1, -0.05) is 20.3 Å². The molecule has 0 fully saturated rings. The van der Waals surface area contributed by atoms with Gasteiger partial charge in [0.25, 0.3) is 5.91 Å². The lowest BCUT2D eigenvalue weighted by Gasteiger charge is -2.18. The highest BCUT2D eigenvalue weighted by molar-refractivity contribution is 5.95. The van der Waals surface area contributed by atoms with Crippen LogP contribution >= 0.6 is 0 Å². The molecule has 0 saturated carbocycles. The minimum atomic E-state index is -0.0255. The van der Waals surface area contributed by atoms with E-state index in [2.05, 4.69) is 24.6 Å². The van der Waals surface area contributed by atoms with E-state index in [0.717, 1.165) is 24.1 Å². The molecular formula is C15H25N3O. The first-order chi connectivity index (χ1) is 8.97. The fourth-order valence-corrected chi connectivity index (χ4v) is 2.10. The van der Waals surface area contributed by atoms with E-state index in [1.165, 1.54) is 0 Å². The molecule has 1 amide bonds. The Bertz CT molecular complexity index is 431. The van der Waals surface area contributed by atoms with Gasteiger partial charge in [0.2, 0.25) is 0 Å². The van der Waals surface area contributed by atoms with E-state index in [4.69, 9.17) is 5.84 Å². The second kappa shape index (κ2) is 7.14. The van der Waals surface area contributed by atoms with Crippen molar-refractivity contribution in [3.8, 4) is 0 Å². The maximum atomic E-state index is 12.1. The number of amides is 1. The minimum Gasteiger partial charge on any atom is -0.350 e. The van der Waals surface area contributed by atoms with Gasteiger partial charge in [0.1, 0.15) is 0 Å². The van der Waals surface area contributed by atoms with Gasteiger partial charge in [-0.25, -0.2) is 0 Å². The predicted octanol–water partition coefficient (Wildman–Crippen LogP) is 2.84. The molecule has 1 aromatic rings. The Morgan fingerprint density at radius 3 is 2.58 bits per heavy atom. The second-order valence-corrected chi connectivity index (χ2v) is 5.30. The Labute approximate surface area is 115 Å². The lowest BCUT2D eigenvalue weighted by atomic mass is 10.00. The van der Waals surface area contributed by atoms with Crippen molar-refractivity contribution in [3.05, 3.63) is 29.3 Å². The molecule has 0 heterocycles. The fraction of sp³-hybridized carbons (Fsp3) is 0.533. The van der Waals surface area contributed by atoms with Crippen molar-refractivity contribution < 1.29 is 4.79 Å². The lowest BCUT2D eigenvalue weighted by molar-refractivity contribution is 0.0935. The second-order valence-electron chi connectivity index (χ2n) is 5.30. The smallest absolute Gasteiger partial charge is 0.251 e. The van der Waals surface area contributed by atoms with Crippen LogP contribution in [0.4, 0.5) is 5.69 Å². The molecule has 0 aliphatic rings. The number of aryl methyl sites for hydroxylation is 1. The number of benzene rings is 1. The van der Waals surface area contributed by atoms with Crippen molar-refractivity contribution in [2.45, 2.75) is 46.6 Å². The maximum Gasteiger partial charge on any atom is 0.251 e. The van der Waals surface area contributed by atoms with E-state index in [1.807, 2.05) is 26.0 Å². The van der Waals surface area contributed by atoms with E-state index < -0.39 is 0 Å². The minimum absolute atomic E-state index is 0.0255. The molecule has 106 valence electrons. The van der Waals surface area contributed by atoms with Crippen LogP contribution in [0.2, 0.25) is 0 Å². The molecule has 2 unspecified atom stereocenters. The topological polar surface area (TPSA) is 67.2 Å². The highest BCUT2D eigenvalue weighted by atomic mass is 16.1. The normalized spacial score (nSPS) is 13.7. The van der Waals surface area contributed by atoms with Crippen LogP contribution < -0.4 is 16.6 Å². The molecule has 1 aromatic carbocycles. The van der Waals surface area contributed by atoms with Gasteiger partial charge in [0, 0.05) is 11.6 Å². The average molecular weight is 263 g/mol. The van der Waals surface area contributed by atoms with Crippen LogP contribution in [0.15, 0.2) is 18.2 Å². The summed E-state index contributed by atoms with van der Waals surface area (Å²) in [6, 6.07) is 5.65. The molecule has 0 aromatic heterocycles. The number of hydrazine groups is 1. The summed E-state index contributed by atoms with van der Waals surface area (Å²) in [7, 11) is 0. The number of anilines is 1. The molecule has 19 heavy (non-hydrogen) atoms. The summed E-state index contributed by atoms with van der Waals surface area (Å²) < 4.78 is 0. The molecule has 0 spiro atoms. The molecule has 4 heteroatoms. The molecule has 1 rings (SSSR count). The van der Waals surface area contributed by atoms with Gasteiger partial charge in [-0.05, 0) is 49.9 Å². The molecule has 0 aliphatic carbocycles. The van der Waals surface area contributed by atoms with Crippen molar-refractivity contribution in [3.63, 3.8) is 0 Å². The summed E-state index contributed by atoms with van der Waals surface area (Å²) in [5.74, 6) is 5.98. The quantitative estimate of drug-likeness (QED) is 0.546. The Hall–Kier alpha value is -1.55. The first-order valence-corrected chi connectivity index (χ1v) is 6.86. The van der Waals surface area contributed by atoms with Gasteiger partial charge in [0.15, 0.2) is 0 Å². The summed E-state index contributed by atoms with van der Waals surface area (Å²) >= 11 is 0. The van der Waals surface area contributed by atoms with Crippen LogP contribution in [-0.4, -0.2) is 11.9 Å². The Morgan fingerprint density at radius 1 is 1.37 bits per heavy atom. The summed E-state index contributed by atoms with van der Waals surface area (Å²) in [5.41, 5.74) is 5.08. The molecule has 2 atom stereocenters. The van der Waals surface area contributed by atoms with Gasteiger partial charge in [0.05, 0.1) is 5.69 Å². The number of nitrogens with two attached hydrogens (primary N) is 1. The van der Waals surface area contributed by atoms with Gasteiger partial charge in [-0.2, -0.15) is 0 Å². The Kier molecular flexibility index (Phi) is 5.83. The standard InChI is InChI=1S/C15H25N3O/c1-5-10(2)8-12(4)17-15(19)13-6-7-14(18-16)11(3)9-13/h6-7,9-10,12,18H,5,8,16H2,1-4H3,(H,17,19). The van der Waals surface area contributed by atoms with E-state index in [0.29, 0.717) is 11.5 Å². The van der Waals surface area contributed by atoms with Crippen LogP contribution in [0, 0.1) is 12.8 Å². The summed E-state index contributed by atoms with van der Waals surface area (Å²) in [5, 5.41) is 3.04. The van der Waals surface area contributed by atoms with Gasteiger partial charge in [-0.15, -0.1) is 0 Å². The van der Waals surface area contributed by atoms with Gasteiger partial charge in [-0.3, -0.25) is 10.6 Å². The number of hydrogen-bond donors (Lipinski definition) is 3. The van der Waals surface area contributed by atoms with Crippen molar-refractivity contribution in [1.82, 2.24) is 5.32 Å². The third kappa shape index (κ3) is 4.56. The highest BCUT2D eigenvalue weighted by Gasteiger charge is 2.12. The van der Waals surface area contributed by atoms with E-state index >= 15 is 0 Å². The van der Waals surface area contributed by atoms with Crippen molar-refractivity contribution in [2.75, 3.05) is 5.43 Å². The third-order valence-electron chi connectivity index (χ3n) is 3.47. The van der Waals surface area contributed by atoms with E-state index in [9.17, 15) is 4.79 Å². The number of rotatable bonds is 6. The summed E-state index contributed by atoms with van der Waals surface area (Å²) in [6.45, 7) is 8.34. The average Bonchev–Trinajstić information content (AvgIpc) is 2.38. The number of nitrogens with one attached hydrogen (secondary N) is 2. The van der Waals surface area contributed by atoms with Crippen LogP contribution in [0.25, 0.3) is 0 Å². The molecule has 4 N–H and O–H groups in total. The fourth-order valence-electron chi connectivity index (χ4n) is 2.10. The van der Waals surface area contributed by atoms with Crippen LogP contribution in [-0.2, 0) is 0 Å². The molecule has 4 nitrogen and oxygen atoms in total. The zero-order valence-corrected chi connectivity index (χ0v) is 12.3. The monoisotopic (exact) mass is 263 g/mol. The largest absolute Gasteiger partial charge is 0.350 e. The number of hydrogen-bond acceptors (Lipinski definition) is 3. The van der Waals surface area contributed by atoms with E-state index in [-0.39, 0.29) is 11.9 Å². The first kappa shape index (κ1) is 15.5. The highest BCUT2D eigenvalue weighted by Crippen LogP contribution is 2.16. The first-order valence-electron chi connectivity index (χ1n) is 6.86. The zero-order chi connectivity index (χ0) is 14.4. The van der Waals surface area contributed by atoms with Crippen LogP contribution in [0.1, 0.15) is 49.5 Å². The van der Waals surface area contributed by atoms with Gasteiger partial charge >= 0.3 is 0 Å². The summed E-state index contributed by atoms with van der Waals surface area (Å²) in [6.07, 6.45) is 2.14. The number of carbonyl (C=O) groups excluding carboxylic acids is 1. The third-order valence-corrected chi connectivity index (χ3v) is 3.47. The van der Waals surface area contributed by atoms with Gasteiger partial charge < -0.3 is 10.7 Å². The Morgan fingerprint density at radius 2 is 2.05 bits per heavy atom. The number of carbonyl (C=O) groups is 1. The SMILES string of the molecule is CCC(C)CC(C)NC(=O)c1ccc(NN)c(C)c1. The molecule has 0 radical (unpaired) electrons. The summed E-state index contributed by atoms with van der Waals surface area (Å²) in [4.78, 5) is 12.1. The van der Waals surface area contributed by atoms with Crippen LogP contribution in [0.5, 0.6) is 0 Å². The molecule has 0 saturated heterocycles. The molecule has 0 aliphatic heterocycles. The van der Waals surface area contributed by atoms with E-state index in [1.54, 1.807) is 6.07 Å². The lowest BCUT2D eigenvalue weighted by Crippen LogP contribution is -2.33. The molecular weight excluding hydrogens is 238 g/mol. The Balaban J connectivity index is 2.65. The maximum absolute atomic E-state index is 12.1. The number of nitrogen functional groups attached to an aromatic ring is 1.